The van der Waals surface area contributed by atoms with Crippen molar-refractivity contribution in [2.24, 2.45) is 0 Å². The van der Waals surface area contributed by atoms with E-state index in [0.29, 0.717) is 29.2 Å². The third-order valence-corrected chi connectivity index (χ3v) is 5.01. The van der Waals surface area contributed by atoms with Gasteiger partial charge in [0.1, 0.15) is 0 Å². The Morgan fingerprint density at radius 3 is 2.77 bits per heavy atom. The molecule has 3 heterocycles. The van der Waals surface area contributed by atoms with E-state index in [1.165, 1.54) is 0 Å². The van der Waals surface area contributed by atoms with Crippen LogP contribution in [0.4, 0.5) is 5.69 Å². The number of nitrogens with two attached hydrogens (primary N) is 1. The maximum Gasteiger partial charge on any atom is 0.251 e. The molecule has 7 heteroatoms. The van der Waals surface area contributed by atoms with E-state index < -0.39 is 0 Å². The Labute approximate surface area is 179 Å². The van der Waals surface area contributed by atoms with E-state index in [0.717, 1.165) is 33.4 Å². The molecule has 3 aromatic heterocycles. The van der Waals surface area contributed by atoms with E-state index >= 15 is 0 Å². The van der Waals surface area contributed by atoms with E-state index in [4.69, 9.17) is 17.3 Å². The van der Waals surface area contributed by atoms with Crippen molar-refractivity contribution in [2.45, 2.75) is 19.9 Å². The fourth-order valence-corrected chi connectivity index (χ4v) is 3.43. The molecular formula is C23H20ClN5O. The number of nitrogens with one attached hydrogen (secondary N) is 1. The molecule has 0 saturated carbocycles. The second-order valence-corrected chi connectivity index (χ2v) is 7.54. The van der Waals surface area contributed by atoms with Gasteiger partial charge in [-0.15, -0.1) is 0 Å². The van der Waals surface area contributed by atoms with Crippen molar-refractivity contribution in [3.05, 3.63) is 94.2 Å². The molecule has 0 unspecified atom stereocenters. The van der Waals surface area contributed by atoms with Crippen LogP contribution in [0.1, 0.15) is 32.9 Å². The number of aromatic nitrogens is 3. The number of carbonyl (C=O) groups excluding carboxylic acids is 1. The molecular weight excluding hydrogens is 398 g/mol. The number of hydrogen-bond acceptors (Lipinski definition) is 5. The molecule has 30 heavy (non-hydrogen) atoms. The Balaban J connectivity index is 1.47. The molecule has 0 fully saturated rings. The van der Waals surface area contributed by atoms with Crippen molar-refractivity contribution in [1.82, 2.24) is 20.3 Å². The summed E-state index contributed by atoms with van der Waals surface area (Å²) in [5.41, 5.74) is 11.4. The van der Waals surface area contributed by atoms with Gasteiger partial charge in [-0.25, -0.2) is 0 Å². The Morgan fingerprint density at radius 2 is 1.93 bits per heavy atom. The molecule has 0 radical (unpaired) electrons. The molecule has 0 saturated heterocycles. The van der Waals surface area contributed by atoms with E-state index in [-0.39, 0.29) is 5.91 Å². The van der Waals surface area contributed by atoms with Crippen molar-refractivity contribution in [3.63, 3.8) is 0 Å². The number of anilines is 1. The SMILES string of the molecule is Cc1cc(N)cnc1CNC(=O)c1ccnc(Cc2ccc3ncc(Cl)cc3c2)c1. The number of benzene rings is 1. The lowest BCUT2D eigenvalue weighted by atomic mass is 10.0. The van der Waals surface area contributed by atoms with Crippen LogP contribution in [0.15, 0.2) is 61.1 Å². The summed E-state index contributed by atoms with van der Waals surface area (Å²) >= 11 is 6.05. The first-order valence-corrected chi connectivity index (χ1v) is 9.84. The van der Waals surface area contributed by atoms with Crippen molar-refractivity contribution < 1.29 is 4.79 Å². The summed E-state index contributed by atoms with van der Waals surface area (Å²) in [6.45, 7) is 2.25. The molecule has 1 aromatic carbocycles. The summed E-state index contributed by atoms with van der Waals surface area (Å²) in [5, 5.41) is 4.48. The number of halogens is 1. The van der Waals surface area contributed by atoms with Crippen LogP contribution in [0.3, 0.4) is 0 Å². The molecule has 1 amide bonds. The van der Waals surface area contributed by atoms with E-state index in [1.807, 2.05) is 37.3 Å². The van der Waals surface area contributed by atoms with Crippen LogP contribution in [0.25, 0.3) is 10.9 Å². The lowest BCUT2D eigenvalue weighted by Gasteiger charge is -2.09. The third-order valence-electron chi connectivity index (χ3n) is 4.80. The minimum atomic E-state index is -0.175. The molecule has 0 atom stereocenters. The summed E-state index contributed by atoms with van der Waals surface area (Å²) in [6.07, 6.45) is 5.47. The fraction of sp³-hybridized carbons (Fsp3) is 0.130. The molecule has 6 nitrogen and oxygen atoms in total. The van der Waals surface area contributed by atoms with Gasteiger partial charge in [-0.1, -0.05) is 17.7 Å². The van der Waals surface area contributed by atoms with Crippen LogP contribution in [0, 0.1) is 6.92 Å². The Morgan fingerprint density at radius 1 is 1.07 bits per heavy atom. The molecule has 0 aliphatic carbocycles. The number of nitrogens with zero attached hydrogens (tertiary/aromatic N) is 3. The first kappa shape index (κ1) is 19.8. The first-order valence-electron chi connectivity index (χ1n) is 9.46. The van der Waals surface area contributed by atoms with Crippen molar-refractivity contribution in [2.75, 3.05) is 5.73 Å². The number of fused-ring (bicyclic) bond motifs is 1. The Kier molecular flexibility index (Phi) is 5.59. The van der Waals surface area contributed by atoms with Gasteiger partial charge in [-0.05, 0) is 54.4 Å². The largest absolute Gasteiger partial charge is 0.397 e. The quantitative estimate of drug-likeness (QED) is 0.510. The Hall–Kier alpha value is -3.51. The van der Waals surface area contributed by atoms with Gasteiger partial charge in [-0.3, -0.25) is 19.7 Å². The van der Waals surface area contributed by atoms with Crippen LogP contribution in [0.2, 0.25) is 5.02 Å². The Bertz CT molecular complexity index is 1240. The normalized spacial score (nSPS) is 10.9. The number of rotatable bonds is 5. The number of aryl methyl sites for hydroxylation is 1. The standard InChI is InChI=1S/C23H20ClN5O/c1-14-6-19(25)12-28-22(14)13-29-23(30)16-4-5-26-20(10-16)8-15-2-3-21-17(7-15)9-18(24)11-27-21/h2-7,9-12H,8,13,25H2,1H3,(H,29,30). The average molecular weight is 418 g/mol. The summed E-state index contributed by atoms with van der Waals surface area (Å²) in [4.78, 5) is 25.6. The van der Waals surface area contributed by atoms with Gasteiger partial charge in [0, 0.05) is 35.5 Å². The number of hydrogen-bond donors (Lipinski definition) is 2. The van der Waals surface area contributed by atoms with Crippen molar-refractivity contribution in [1.29, 1.82) is 0 Å². The zero-order chi connectivity index (χ0) is 21.1. The second-order valence-electron chi connectivity index (χ2n) is 7.11. The smallest absolute Gasteiger partial charge is 0.251 e. The van der Waals surface area contributed by atoms with Crippen LogP contribution in [-0.4, -0.2) is 20.9 Å². The number of nitrogen functional groups attached to an aromatic ring is 1. The van der Waals surface area contributed by atoms with Crippen LogP contribution >= 0.6 is 11.6 Å². The van der Waals surface area contributed by atoms with E-state index in [2.05, 4.69) is 20.3 Å². The first-order chi connectivity index (χ1) is 14.5. The van der Waals surface area contributed by atoms with Gasteiger partial charge in [-0.2, -0.15) is 0 Å². The molecule has 0 bridgehead atoms. The maximum atomic E-state index is 12.6. The fourth-order valence-electron chi connectivity index (χ4n) is 3.27. The highest BCUT2D eigenvalue weighted by Gasteiger charge is 2.09. The summed E-state index contributed by atoms with van der Waals surface area (Å²) < 4.78 is 0. The van der Waals surface area contributed by atoms with Crippen LogP contribution in [-0.2, 0) is 13.0 Å². The molecule has 0 aliphatic heterocycles. The van der Waals surface area contributed by atoms with Crippen molar-refractivity contribution in [3.8, 4) is 0 Å². The predicted octanol–water partition coefficient (Wildman–Crippen LogP) is 4.09. The average Bonchev–Trinajstić information content (AvgIpc) is 2.73. The monoisotopic (exact) mass is 417 g/mol. The summed E-state index contributed by atoms with van der Waals surface area (Å²) in [7, 11) is 0. The maximum absolute atomic E-state index is 12.6. The zero-order valence-electron chi connectivity index (χ0n) is 16.4. The van der Waals surface area contributed by atoms with Crippen LogP contribution in [0.5, 0.6) is 0 Å². The summed E-state index contributed by atoms with van der Waals surface area (Å²) in [6, 6.07) is 13.2. The highest BCUT2D eigenvalue weighted by Crippen LogP contribution is 2.20. The second kappa shape index (κ2) is 8.47. The van der Waals surface area contributed by atoms with E-state index in [1.54, 1.807) is 30.7 Å². The van der Waals surface area contributed by atoms with Gasteiger partial charge in [0.05, 0.1) is 34.7 Å². The van der Waals surface area contributed by atoms with Gasteiger partial charge in [0.15, 0.2) is 0 Å². The van der Waals surface area contributed by atoms with E-state index in [9.17, 15) is 4.79 Å². The van der Waals surface area contributed by atoms with Crippen LogP contribution < -0.4 is 11.1 Å². The molecule has 150 valence electrons. The molecule has 3 N–H and O–H groups in total. The zero-order valence-corrected chi connectivity index (χ0v) is 17.1. The molecule has 0 aliphatic rings. The summed E-state index contributed by atoms with van der Waals surface area (Å²) in [5.74, 6) is -0.175. The minimum absolute atomic E-state index is 0.175. The molecule has 4 aromatic rings. The number of pyridine rings is 3. The van der Waals surface area contributed by atoms with Crippen molar-refractivity contribution >= 4 is 34.1 Å². The highest BCUT2D eigenvalue weighted by atomic mass is 35.5. The lowest BCUT2D eigenvalue weighted by molar-refractivity contribution is 0.0950. The highest BCUT2D eigenvalue weighted by molar-refractivity contribution is 6.31. The number of carbonyl (C=O) groups is 1. The number of amides is 1. The third kappa shape index (κ3) is 4.55. The molecule has 0 spiro atoms. The lowest BCUT2D eigenvalue weighted by Crippen LogP contribution is -2.24. The van der Waals surface area contributed by atoms with Gasteiger partial charge < -0.3 is 11.1 Å². The van der Waals surface area contributed by atoms with Gasteiger partial charge >= 0.3 is 0 Å². The topological polar surface area (TPSA) is 93.8 Å². The minimum Gasteiger partial charge on any atom is -0.397 e. The van der Waals surface area contributed by atoms with Gasteiger partial charge in [0.2, 0.25) is 0 Å². The van der Waals surface area contributed by atoms with Gasteiger partial charge in [0.25, 0.3) is 5.91 Å². The molecule has 4 rings (SSSR count). The predicted molar refractivity (Wildman–Crippen MR) is 118 cm³/mol.